The Balaban J connectivity index is 1.53. The van der Waals surface area contributed by atoms with E-state index in [1.165, 1.54) is 148 Å². The smallest absolute Gasteiger partial charge is 0.00179 e. The summed E-state index contributed by atoms with van der Waals surface area (Å²) >= 11 is 0. The van der Waals surface area contributed by atoms with E-state index in [1.807, 2.05) is 11.1 Å². The third-order valence-electron chi connectivity index (χ3n) is 14.0. The van der Waals surface area contributed by atoms with Crippen LogP contribution in [0.4, 0.5) is 0 Å². The summed E-state index contributed by atoms with van der Waals surface area (Å²) < 4.78 is 0. The molecule has 0 aliphatic heterocycles. The van der Waals surface area contributed by atoms with Gasteiger partial charge >= 0.3 is 0 Å². The molecule has 0 radical (unpaired) electrons. The lowest BCUT2D eigenvalue weighted by molar-refractivity contribution is 0.263. The maximum atomic E-state index is 2.81. The minimum atomic E-state index is 0.741. The molecule has 5 unspecified atom stereocenters. The standard InChI is InChI=1S/C49H70/c1-6-11-16-21-33-28-38-29-34(22-17-12-7-2)42-32-37(25-20-15-10-5)43-31-36(24-19-14-9-4)40-27-26-39-35(23-18-13-8-3)30-41(33)47-44(38)48(42)49(43)46(40)45(39)47/h26-27,30-31,33-34,37-38,42H,6-25,28-29,32H2,1-5H3. The number of rotatable bonds is 20. The summed E-state index contributed by atoms with van der Waals surface area (Å²) in [6, 6.07) is 10.8. The van der Waals surface area contributed by atoms with Gasteiger partial charge in [-0.25, -0.2) is 0 Å². The molecule has 3 aliphatic rings. The molecule has 266 valence electrons. The average molecular weight is 659 g/mol. The Labute approximate surface area is 300 Å². The van der Waals surface area contributed by atoms with E-state index in [0.29, 0.717) is 0 Å². The molecule has 4 aromatic carbocycles. The lowest BCUT2D eigenvalue weighted by atomic mass is 9.56. The minimum absolute atomic E-state index is 0.741. The largest absolute Gasteiger partial charge is 0.0654 e. The highest BCUT2D eigenvalue weighted by atomic mass is 14.5. The molecule has 0 heterocycles. The third kappa shape index (κ3) is 6.59. The summed E-state index contributed by atoms with van der Waals surface area (Å²) in [6.45, 7) is 11.9. The van der Waals surface area contributed by atoms with Crippen molar-refractivity contribution in [2.45, 2.75) is 206 Å². The highest BCUT2D eigenvalue weighted by Gasteiger charge is 2.45. The predicted octanol–water partition coefficient (Wildman–Crippen LogP) is 16.0. The SMILES string of the molecule is CCCCCc1cc2c3c4c5c6c(cc(CCCCC)c7ccc1c3c76)C(CCCCC)CC5C(CCCCC)CC4CC2CCCCC. The van der Waals surface area contributed by atoms with Gasteiger partial charge in [-0.15, -0.1) is 0 Å². The average Bonchev–Trinajstić information content (AvgIpc) is 3.11. The first-order valence-electron chi connectivity index (χ1n) is 22.0. The Morgan fingerprint density at radius 3 is 1.47 bits per heavy atom. The summed E-state index contributed by atoms with van der Waals surface area (Å²) in [4.78, 5) is 0. The monoisotopic (exact) mass is 659 g/mol. The molecular weight excluding hydrogens is 589 g/mol. The van der Waals surface area contributed by atoms with Gasteiger partial charge in [0.1, 0.15) is 0 Å². The van der Waals surface area contributed by atoms with Crippen LogP contribution in [-0.2, 0) is 12.8 Å². The summed E-state index contributed by atoms with van der Waals surface area (Å²) in [5, 5.41) is 10.3. The number of hydrogen-bond acceptors (Lipinski definition) is 0. The first kappa shape index (κ1) is 35.3. The van der Waals surface area contributed by atoms with Crippen molar-refractivity contribution in [2.24, 2.45) is 5.92 Å². The molecule has 0 saturated heterocycles. The van der Waals surface area contributed by atoms with Crippen LogP contribution in [0, 0.1) is 5.92 Å². The van der Waals surface area contributed by atoms with E-state index in [4.69, 9.17) is 0 Å². The predicted molar refractivity (Wildman–Crippen MR) is 217 cm³/mol. The number of aryl methyl sites for hydroxylation is 2. The zero-order valence-corrected chi connectivity index (χ0v) is 32.5. The second kappa shape index (κ2) is 16.1. The third-order valence-corrected chi connectivity index (χ3v) is 14.0. The van der Waals surface area contributed by atoms with Crippen molar-refractivity contribution in [3.05, 3.63) is 57.6 Å². The molecule has 0 spiro atoms. The minimum Gasteiger partial charge on any atom is -0.0654 e. The lowest BCUT2D eigenvalue weighted by Crippen LogP contribution is -2.32. The van der Waals surface area contributed by atoms with Crippen LogP contribution < -0.4 is 0 Å². The molecule has 0 amide bonds. The van der Waals surface area contributed by atoms with E-state index in [2.05, 4.69) is 58.9 Å². The van der Waals surface area contributed by atoms with Gasteiger partial charge in [-0.2, -0.15) is 0 Å². The molecule has 0 aromatic heterocycles. The van der Waals surface area contributed by atoms with Crippen molar-refractivity contribution in [3.63, 3.8) is 0 Å². The molecule has 3 aliphatic carbocycles. The van der Waals surface area contributed by atoms with E-state index >= 15 is 0 Å². The summed E-state index contributed by atoms with van der Waals surface area (Å²) in [5.41, 5.74) is 10.7. The zero-order valence-electron chi connectivity index (χ0n) is 32.5. The zero-order chi connectivity index (χ0) is 33.9. The summed E-state index contributed by atoms with van der Waals surface area (Å²) in [7, 11) is 0. The van der Waals surface area contributed by atoms with E-state index in [-0.39, 0.29) is 0 Å². The molecule has 7 rings (SSSR count). The van der Waals surface area contributed by atoms with Crippen molar-refractivity contribution in [3.8, 4) is 0 Å². The Hall–Kier alpha value is -2.08. The fourth-order valence-electron chi connectivity index (χ4n) is 11.6. The molecule has 0 fully saturated rings. The van der Waals surface area contributed by atoms with Crippen LogP contribution in [0.5, 0.6) is 0 Å². The fourth-order valence-corrected chi connectivity index (χ4v) is 11.6. The van der Waals surface area contributed by atoms with Gasteiger partial charge in [-0.05, 0) is 159 Å². The first-order chi connectivity index (χ1) is 24.1. The molecule has 49 heavy (non-hydrogen) atoms. The van der Waals surface area contributed by atoms with Crippen LogP contribution in [0.15, 0.2) is 24.3 Å². The highest BCUT2D eigenvalue weighted by molar-refractivity contribution is 6.28. The van der Waals surface area contributed by atoms with Crippen LogP contribution in [-0.4, -0.2) is 0 Å². The fraction of sp³-hybridized carbons (Fsp3) is 0.673. The van der Waals surface area contributed by atoms with Crippen molar-refractivity contribution < 1.29 is 0 Å². The maximum absolute atomic E-state index is 2.81. The molecule has 5 atom stereocenters. The van der Waals surface area contributed by atoms with Crippen LogP contribution in [0.3, 0.4) is 0 Å². The molecule has 4 aromatic rings. The molecule has 0 saturated carbocycles. The van der Waals surface area contributed by atoms with Crippen LogP contribution in [0.2, 0.25) is 0 Å². The van der Waals surface area contributed by atoms with Gasteiger partial charge in [0.2, 0.25) is 0 Å². The van der Waals surface area contributed by atoms with E-state index in [1.54, 1.807) is 54.6 Å². The molecule has 0 nitrogen and oxygen atoms in total. The quantitative estimate of drug-likeness (QED) is 0.0655. The Bertz CT molecular complexity index is 1690. The van der Waals surface area contributed by atoms with Gasteiger partial charge in [0, 0.05) is 0 Å². The van der Waals surface area contributed by atoms with Crippen molar-refractivity contribution in [1.29, 1.82) is 0 Å². The van der Waals surface area contributed by atoms with E-state index < -0.39 is 0 Å². The van der Waals surface area contributed by atoms with E-state index in [9.17, 15) is 0 Å². The topological polar surface area (TPSA) is 0 Å². The first-order valence-corrected chi connectivity index (χ1v) is 22.0. The molecule has 0 heteroatoms. The Kier molecular flexibility index (Phi) is 11.6. The van der Waals surface area contributed by atoms with Gasteiger partial charge in [-0.3, -0.25) is 0 Å². The Morgan fingerprint density at radius 2 is 0.939 bits per heavy atom. The van der Waals surface area contributed by atoms with Crippen molar-refractivity contribution in [2.75, 3.05) is 0 Å². The second-order valence-electron chi connectivity index (χ2n) is 17.3. The summed E-state index contributed by atoms with van der Waals surface area (Å²) in [5.74, 6) is 3.90. The summed E-state index contributed by atoms with van der Waals surface area (Å²) in [6.07, 6.45) is 31.5. The van der Waals surface area contributed by atoms with Gasteiger partial charge in [0.15, 0.2) is 0 Å². The number of benzene rings is 4. The van der Waals surface area contributed by atoms with E-state index in [0.717, 1.165) is 29.6 Å². The molecule has 0 N–H and O–H groups in total. The maximum Gasteiger partial charge on any atom is -0.00179 e. The molecule has 0 bridgehead atoms. The van der Waals surface area contributed by atoms with Crippen LogP contribution >= 0.6 is 0 Å². The van der Waals surface area contributed by atoms with Gasteiger partial charge in [0.25, 0.3) is 0 Å². The normalized spacial score (nSPS) is 22.8. The number of hydrogen-bond donors (Lipinski definition) is 0. The highest BCUT2D eigenvalue weighted by Crippen LogP contribution is 2.63. The van der Waals surface area contributed by atoms with Crippen molar-refractivity contribution >= 4 is 32.3 Å². The lowest BCUT2D eigenvalue weighted by Gasteiger charge is -2.48. The van der Waals surface area contributed by atoms with Crippen molar-refractivity contribution in [1.82, 2.24) is 0 Å². The van der Waals surface area contributed by atoms with Gasteiger partial charge in [-0.1, -0.05) is 142 Å². The Morgan fingerprint density at radius 1 is 0.469 bits per heavy atom. The van der Waals surface area contributed by atoms with Gasteiger partial charge < -0.3 is 0 Å². The van der Waals surface area contributed by atoms with Crippen LogP contribution in [0.1, 0.15) is 227 Å². The number of unbranched alkanes of at least 4 members (excludes halogenated alkanes) is 10. The molecular formula is C49H70. The second-order valence-corrected chi connectivity index (χ2v) is 17.3. The van der Waals surface area contributed by atoms with Crippen LogP contribution in [0.25, 0.3) is 32.3 Å². The van der Waals surface area contributed by atoms with Gasteiger partial charge in [0.05, 0.1) is 0 Å².